The summed E-state index contributed by atoms with van der Waals surface area (Å²) in [7, 11) is 0. The Balaban J connectivity index is 3.01. The van der Waals surface area contributed by atoms with Gasteiger partial charge in [0.1, 0.15) is 11.6 Å². The smallest absolute Gasteiger partial charge is 0.273 e. The van der Waals surface area contributed by atoms with Gasteiger partial charge in [-0.1, -0.05) is 9.64 Å². The van der Waals surface area contributed by atoms with Gasteiger partial charge in [0.25, 0.3) is 5.91 Å². The van der Waals surface area contributed by atoms with Crippen molar-refractivity contribution in [1.29, 1.82) is 0 Å². The average molecular weight is 215 g/mol. The Bertz CT molecular complexity index is 361. The number of carbonyl (C=O) groups is 1. The van der Waals surface area contributed by atoms with Crippen molar-refractivity contribution in [2.75, 3.05) is 12.3 Å². The predicted octanol–water partition coefficient (Wildman–Crippen LogP) is -0.654. The van der Waals surface area contributed by atoms with E-state index in [1.54, 1.807) is 6.92 Å². The molecule has 0 atom stereocenters. The second kappa shape index (κ2) is 4.51. The van der Waals surface area contributed by atoms with E-state index in [1.807, 2.05) is 0 Å². The zero-order valence-electron chi connectivity index (χ0n) is 7.43. The van der Waals surface area contributed by atoms with Crippen molar-refractivity contribution in [2.24, 2.45) is 10.9 Å². The molecule has 0 radical (unpaired) electrons. The summed E-state index contributed by atoms with van der Waals surface area (Å²) in [6.45, 7) is 2.05. The first-order valence-corrected chi connectivity index (χ1v) is 4.52. The second-order valence-electron chi connectivity index (χ2n) is 2.21. The molecule has 0 saturated heterocycles. The monoisotopic (exact) mass is 215 g/mol. The summed E-state index contributed by atoms with van der Waals surface area (Å²) in [5.41, 5.74) is 10.6. The molecule has 0 aliphatic heterocycles. The number of nitrogen functional groups attached to an aromatic ring is 1. The standard InChI is InChI=1S/C6H9N5O2S/c1-2-13-10-3(5(7)12)4-6(8)14-11-9-4/h2,8H2,1H3,(H2,7,12)/b10-3+. The number of anilines is 1. The molecular weight excluding hydrogens is 206 g/mol. The average Bonchev–Trinajstić information content (AvgIpc) is 2.52. The Kier molecular flexibility index (Phi) is 3.35. The van der Waals surface area contributed by atoms with Crippen LogP contribution in [0.4, 0.5) is 5.00 Å². The molecule has 0 unspecified atom stereocenters. The van der Waals surface area contributed by atoms with Crippen molar-refractivity contribution < 1.29 is 9.63 Å². The first kappa shape index (κ1) is 10.4. The van der Waals surface area contributed by atoms with Crippen LogP contribution >= 0.6 is 11.5 Å². The first-order chi connectivity index (χ1) is 6.66. The normalized spacial score (nSPS) is 11.4. The molecule has 0 bridgehead atoms. The zero-order chi connectivity index (χ0) is 10.6. The Morgan fingerprint density at radius 2 is 2.43 bits per heavy atom. The number of amides is 1. The predicted molar refractivity (Wildman–Crippen MR) is 51.7 cm³/mol. The van der Waals surface area contributed by atoms with Crippen molar-refractivity contribution in [3.8, 4) is 0 Å². The highest BCUT2D eigenvalue weighted by Gasteiger charge is 2.18. The fourth-order valence-corrected chi connectivity index (χ4v) is 1.13. The van der Waals surface area contributed by atoms with Crippen molar-refractivity contribution in [2.45, 2.75) is 6.92 Å². The number of aromatic nitrogens is 2. The molecule has 1 aromatic rings. The molecule has 0 saturated carbocycles. The molecule has 0 spiro atoms. The van der Waals surface area contributed by atoms with Crippen LogP contribution in [0.5, 0.6) is 0 Å². The largest absolute Gasteiger partial charge is 0.395 e. The minimum atomic E-state index is -0.752. The molecule has 4 N–H and O–H groups in total. The lowest BCUT2D eigenvalue weighted by molar-refractivity contribution is -0.112. The van der Waals surface area contributed by atoms with Crippen molar-refractivity contribution in [3.05, 3.63) is 5.69 Å². The molecule has 0 aliphatic rings. The van der Waals surface area contributed by atoms with E-state index in [2.05, 4.69) is 14.7 Å². The van der Waals surface area contributed by atoms with Crippen LogP contribution in [-0.4, -0.2) is 27.8 Å². The van der Waals surface area contributed by atoms with Crippen molar-refractivity contribution in [3.63, 3.8) is 0 Å². The van der Waals surface area contributed by atoms with E-state index < -0.39 is 5.91 Å². The number of rotatable bonds is 4. The summed E-state index contributed by atoms with van der Waals surface area (Å²) in [5, 5.41) is 7.41. The summed E-state index contributed by atoms with van der Waals surface area (Å²) < 4.78 is 3.56. The van der Waals surface area contributed by atoms with E-state index >= 15 is 0 Å². The van der Waals surface area contributed by atoms with Gasteiger partial charge >= 0.3 is 0 Å². The number of carbonyl (C=O) groups excluding carboxylic acids is 1. The van der Waals surface area contributed by atoms with E-state index in [1.165, 1.54) is 0 Å². The highest BCUT2D eigenvalue weighted by molar-refractivity contribution is 7.10. The van der Waals surface area contributed by atoms with E-state index in [0.29, 0.717) is 6.61 Å². The molecule has 0 fully saturated rings. The van der Waals surface area contributed by atoms with E-state index in [4.69, 9.17) is 16.3 Å². The number of nitrogens with two attached hydrogens (primary N) is 2. The van der Waals surface area contributed by atoms with Crippen LogP contribution in [0.2, 0.25) is 0 Å². The Morgan fingerprint density at radius 3 is 2.86 bits per heavy atom. The van der Waals surface area contributed by atoms with Gasteiger partial charge in [0.15, 0.2) is 11.4 Å². The summed E-state index contributed by atoms with van der Waals surface area (Å²) >= 11 is 0.956. The van der Waals surface area contributed by atoms with Gasteiger partial charge in [-0.25, -0.2) is 0 Å². The molecule has 14 heavy (non-hydrogen) atoms. The van der Waals surface area contributed by atoms with Crippen LogP contribution in [0.15, 0.2) is 5.16 Å². The minimum absolute atomic E-state index is 0.113. The maximum Gasteiger partial charge on any atom is 0.273 e. The van der Waals surface area contributed by atoms with Gasteiger partial charge in [-0.2, -0.15) is 0 Å². The number of hydrogen-bond acceptors (Lipinski definition) is 7. The van der Waals surface area contributed by atoms with Crippen LogP contribution in [-0.2, 0) is 9.63 Å². The van der Waals surface area contributed by atoms with Gasteiger partial charge in [-0.3, -0.25) is 4.79 Å². The van der Waals surface area contributed by atoms with Crippen LogP contribution < -0.4 is 11.5 Å². The lowest BCUT2D eigenvalue weighted by Gasteiger charge is -1.98. The summed E-state index contributed by atoms with van der Waals surface area (Å²) in [6.07, 6.45) is 0. The summed E-state index contributed by atoms with van der Waals surface area (Å²) in [4.78, 5) is 15.7. The van der Waals surface area contributed by atoms with Crippen LogP contribution in [0, 0.1) is 0 Å². The van der Waals surface area contributed by atoms with E-state index in [-0.39, 0.29) is 16.4 Å². The highest BCUT2D eigenvalue weighted by atomic mass is 32.1. The highest BCUT2D eigenvalue weighted by Crippen LogP contribution is 2.13. The number of nitrogens with zero attached hydrogens (tertiary/aromatic N) is 3. The van der Waals surface area contributed by atoms with Gasteiger partial charge in [-0.15, -0.1) is 5.10 Å². The van der Waals surface area contributed by atoms with Crippen LogP contribution in [0.3, 0.4) is 0 Å². The fourth-order valence-electron chi connectivity index (χ4n) is 0.696. The summed E-state index contributed by atoms with van der Waals surface area (Å²) in [6, 6.07) is 0. The number of primary amides is 1. The molecule has 1 heterocycles. The molecule has 1 amide bonds. The second-order valence-corrected chi connectivity index (χ2v) is 2.99. The molecular formula is C6H9N5O2S. The van der Waals surface area contributed by atoms with E-state index in [9.17, 15) is 4.79 Å². The lowest BCUT2D eigenvalue weighted by Crippen LogP contribution is -2.25. The zero-order valence-corrected chi connectivity index (χ0v) is 8.24. The quantitative estimate of drug-likeness (QED) is 0.511. The third kappa shape index (κ3) is 2.16. The SMILES string of the molecule is CCO/N=C(/C(N)=O)c1nnsc1N. The van der Waals surface area contributed by atoms with Gasteiger partial charge in [0, 0.05) is 11.5 Å². The molecule has 7 nitrogen and oxygen atoms in total. The maximum atomic E-state index is 10.9. The van der Waals surface area contributed by atoms with Crippen LogP contribution in [0.1, 0.15) is 12.6 Å². The third-order valence-electron chi connectivity index (χ3n) is 1.26. The maximum absolute atomic E-state index is 10.9. The van der Waals surface area contributed by atoms with Gasteiger partial charge < -0.3 is 16.3 Å². The Morgan fingerprint density at radius 1 is 1.71 bits per heavy atom. The van der Waals surface area contributed by atoms with Crippen LogP contribution in [0.25, 0.3) is 0 Å². The van der Waals surface area contributed by atoms with Crippen molar-refractivity contribution >= 4 is 28.2 Å². The van der Waals surface area contributed by atoms with Crippen molar-refractivity contribution in [1.82, 2.24) is 9.59 Å². The Labute approximate surface area is 83.9 Å². The molecule has 1 rings (SSSR count). The third-order valence-corrected chi connectivity index (χ3v) is 1.81. The van der Waals surface area contributed by atoms with Gasteiger partial charge in [-0.05, 0) is 6.92 Å². The molecule has 76 valence electrons. The molecule has 8 heteroatoms. The number of oxime groups is 1. The fraction of sp³-hybridized carbons (Fsp3) is 0.333. The van der Waals surface area contributed by atoms with Gasteiger partial charge in [0.05, 0.1) is 0 Å². The molecule has 0 aliphatic carbocycles. The lowest BCUT2D eigenvalue weighted by atomic mass is 10.3. The first-order valence-electron chi connectivity index (χ1n) is 3.74. The minimum Gasteiger partial charge on any atom is -0.395 e. The number of hydrogen-bond donors (Lipinski definition) is 2. The topological polar surface area (TPSA) is 116 Å². The summed E-state index contributed by atoms with van der Waals surface area (Å²) in [5.74, 6) is -0.752. The molecule has 0 aromatic carbocycles. The Hall–Kier alpha value is -1.70. The van der Waals surface area contributed by atoms with E-state index in [0.717, 1.165) is 11.5 Å². The molecule has 1 aromatic heterocycles. The van der Waals surface area contributed by atoms with Gasteiger partial charge in [0.2, 0.25) is 0 Å².